The number of hydrogen-bond acceptors (Lipinski definition) is 3. The molecule has 2 aliphatic rings. The van der Waals surface area contributed by atoms with Crippen LogP contribution in [0, 0.1) is 0 Å². The van der Waals surface area contributed by atoms with E-state index >= 15 is 0 Å². The molecule has 1 heterocycles. The third-order valence-electron chi connectivity index (χ3n) is 2.24. The first-order chi connectivity index (χ1) is 4.92. The summed E-state index contributed by atoms with van der Waals surface area (Å²) in [7, 11) is 0. The van der Waals surface area contributed by atoms with Crippen molar-refractivity contribution < 1.29 is 4.74 Å². The molecule has 3 heteroatoms. The van der Waals surface area contributed by atoms with Gasteiger partial charge in [0.25, 0.3) is 0 Å². The van der Waals surface area contributed by atoms with Crippen molar-refractivity contribution in [3.63, 3.8) is 0 Å². The van der Waals surface area contributed by atoms with Crippen LogP contribution < -0.4 is 0 Å². The maximum atomic E-state index is 5.50. The highest BCUT2D eigenvalue weighted by Gasteiger charge is 2.41. The van der Waals surface area contributed by atoms with Crippen molar-refractivity contribution in [3.8, 4) is 0 Å². The maximum absolute atomic E-state index is 5.50. The number of hydrogen-bond donors (Lipinski definition) is 0. The molecule has 3 nitrogen and oxygen atoms in total. The molecule has 56 valence electrons. The Morgan fingerprint density at radius 3 is 2.30 bits per heavy atom. The van der Waals surface area contributed by atoms with E-state index in [-0.39, 0.29) is 0 Å². The van der Waals surface area contributed by atoms with E-state index in [2.05, 4.69) is 10.2 Å². The quantitative estimate of drug-likeness (QED) is 0.570. The van der Waals surface area contributed by atoms with Crippen LogP contribution in [0.2, 0.25) is 0 Å². The third kappa shape index (κ3) is 0.770. The first kappa shape index (κ1) is 6.28. The summed E-state index contributed by atoms with van der Waals surface area (Å²) in [5.74, 6) is 0. The molecule has 0 N–H and O–H groups in total. The number of rotatable bonds is 2. The normalized spacial score (nSPS) is 43.1. The second-order valence-corrected chi connectivity index (χ2v) is 2.86. The first-order valence-electron chi connectivity index (χ1n) is 3.93. The molecule has 0 amide bonds. The van der Waals surface area contributed by atoms with Crippen molar-refractivity contribution in [3.05, 3.63) is 0 Å². The minimum Gasteiger partial charge on any atom is -0.374 e. The van der Waals surface area contributed by atoms with Crippen LogP contribution in [0.25, 0.3) is 0 Å². The fourth-order valence-electron chi connectivity index (χ4n) is 1.76. The van der Waals surface area contributed by atoms with Crippen LogP contribution in [-0.4, -0.2) is 24.8 Å². The lowest BCUT2D eigenvalue weighted by Gasteiger charge is -2.11. The summed E-state index contributed by atoms with van der Waals surface area (Å²) in [6.07, 6.45) is 2.68. The Bertz CT molecular complexity index is 144. The van der Waals surface area contributed by atoms with E-state index in [1.54, 1.807) is 0 Å². The summed E-state index contributed by atoms with van der Waals surface area (Å²) in [4.78, 5) is 0. The fourth-order valence-corrected chi connectivity index (χ4v) is 1.76. The second-order valence-electron chi connectivity index (χ2n) is 2.86. The minimum atomic E-state index is 0.324. The predicted molar refractivity (Wildman–Crippen MR) is 37.1 cm³/mol. The lowest BCUT2D eigenvalue weighted by Crippen LogP contribution is -2.25. The van der Waals surface area contributed by atoms with E-state index in [9.17, 15) is 0 Å². The Kier molecular flexibility index (Phi) is 1.45. The maximum Gasteiger partial charge on any atom is 0.106 e. The van der Waals surface area contributed by atoms with Crippen LogP contribution in [0.4, 0.5) is 0 Å². The van der Waals surface area contributed by atoms with Gasteiger partial charge in [0, 0.05) is 6.61 Å². The van der Waals surface area contributed by atoms with Crippen LogP contribution >= 0.6 is 0 Å². The van der Waals surface area contributed by atoms with Gasteiger partial charge >= 0.3 is 0 Å². The summed E-state index contributed by atoms with van der Waals surface area (Å²) in [6, 6.07) is 0.787. The third-order valence-corrected chi connectivity index (χ3v) is 2.24. The van der Waals surface area contributed by atoms with Gasteiger partial charge in [-0.05, 0) is 19.8 Å². The highest BCUT2D eigenvalue weighted by atomic mass is 16.5. The standard InChI is InChI=1S/C7H12N2O/c1-2-10-7-5-3-4-6(7)9-8-5/h5-7H,2-4H2,1H3. The lowest BCUT2D eigenvalue weighted by molar-refractivity contribution is 0.0598. The summed E-state index contributed by atoms with van der Waals surface area (Å²) in [5.41, 5.74) is 0. The minimum absolute atomic E-state index is 0.324. The molecule has 2 bridgehead atoms. The number of fused-ring (bicyclic) bond motifs is 2. The molecule has 2 atom stereocenters. The molecule has 0 radical (unpaired) electrons. The zero-order valence-electron chi connectivity index (χ0n) is 6.16. The molecule has 2 rings (SSSR count). The Labute approximate surface area is 60.5 Å². The van der Waals surface area contributed by atoms with Crippen LogP contribution in [-0.2, 0) is 4.74 Å². The molecule has 0 aromatic heterocycles. The number of ether oxygens (including phenoxy) is 1. The average Bonchev–Trinajstić information content (AvgIpc) is 2.50. The van der Waals surface area contributed by atoms with Gasteiger partial charge in [-0.25, -0.2) is 0 Å². The Morgan fingerprint density at radius 1 is 1.30 bits per heavy atom. The van der Waals surface area contributed by atoms with E-state index < -0.39 is 0 Å². The van der Waals surface area contributed by atoms with Crippen LogP contribution in [0.3, 0.4) is 0 Å². The van der Waals surface area contributed by atoms with Crippen LogP contribution in [0.1, 0.15) is 19.8 Å². The molecule has 1 aliphatic heterocycles. The summed E-state index contributed by atoms with van der Waals surface area (Å²) >= 11 is 0. The molecular formula is C7H12N2O. The van der Waals surface area contributed by atoms with E-state index in [0.717, 1.165) is 6.61 Å². The molecule has 10 heavy (non-hydrogen) atoms. The molecule has 2 unspecified atom stereocenters. The Balaban J connectivity index is 2.01. The van der Waals surface area contributed by atoms with Crippen molar-refractivity contribution in [2.45, 2.75) is 38.0 Å². The van der Waals surface area contributed by atoms with Gasteiger partial charge in [0.05, 0.1) is 12.1 Å². The first-order valence-corrected chi connectivity index (χ1v) is 3.93. The van der Waals surface area contributed by atoms with E-state index in [1.165, 1.54) is 12.8 Å². The van der Waals surface area contributed by atoms with Crippen LogP contribution in [0.15, 0.2) is 10.2 Å². The topological polar surface area (TPSA) is 34.0 Å². The predicted octanol–water partition coefficient (Wildman–Crippen LogP) is 1.39. The van der Waals surface area contributed by atoms with Gasteiger partial charge in [0.1, 0.15) is 6.10 Å². The van der Waals surface area contributed by atoms with Crippen molar-refractivity contribution in [2.75, 3.05) is 6.61 Å². The number of nitrogens with zero attached hydrogens (tertiary/aromatic N) is 2. The van der Waals surface area contributed by atoms with Crippen molar-refractivity contribution in [1.29, 1.82) is 0 Å². The van der Waals surface area contributed by atoms with Gasteiger partial charge < -0.3 is 4.74 Å². The summed E-state index contributed by atoms with van der Waals surface area (Å²) in [5, 5.41) is 8.21. The Hall–Kier alpha value is -0.440. The van der Waals surface area contributed by atoms with Gasteiger partial charge in [0.15, 0.2) is 0 Å². The van der Waals surface area contributed by atoms with Crippen molar-refractivity contribution in [1.82, 2.24) is 0 Å². The van der Waals surface area contributed by atoms with Crippen molar-refractivity contribution >= 4 is 0 Å². The Morgan fingerprint density at radius 2 is 1.90 bits per heavy atom. The van der Waals surface area contributed by atoms with Crippen molar-refractivity contribution in [2.24, 2.45) is 10.2 Å². The smallest absolute Gasteiger partial charge is 0.106 e. The van der Waals surface area contributed by atoms with Gasteiger partial charge in [-0.15, -0.1) is 0 Å². The van der Waals surface area contributed by atoms with E-state index in [1.807, 2.05) is 6.92 Å². The molecule has 1 fully saturated rings. The largest absolute Gasteiger partial charge is 0.374 e. The van der Waals surface area contributed by atoms with Crippen LogP contribution in [0.5, 0.6) is 0 Å². The zero-order valence-corrected chi connectivity index (χ0v) is 6.16. The average molecular weight is 140 g/mol. The molecule has 0 aromatic rings. The molecule has 0 saturated heterocycles. The lowest BCUT2D eigenvalue weighted by atomic mass is 10.2. The fraction of sp³-hybridized carbons (Fsp3) is 1.00. The second kappa shape index (κ2) is 2.31. The van der Waals surface area contributed by atoms with E-state index in [4.69, 9.17) is 4.74 Å². The van der Waals surface area contributed by atoms with Gasteiger partial charge in [-0.3, -0.25) is 0 Å². The molecule has 0 aromatic carbocycles. The molecule has 1 saturated carbocycles. The molecular weight excluding hydrogens is 128 g/mol. The van der Waals surface area contributed by atoms with E-state index in [0.29, 0.717) is 18.2 Å². The van der Waals surface area contributed by atoms with Gasteiger partial charge in [0.2, 0.25) is 0 Å². The zero-order chi connectivity index (χ0) is 6.97. The highest BCUT2D eigenvalue weighted by molar-refractivity contribution is 4.98. The van der Waals surface area contributed by atoms with Gasteiger partial charge in [-0.2, -0.15) is 10.2 Å². The summed E-state index contributed by atoms with van der Waals surface area (Å²) < 4.78 is 5.50. The molecule has 0 spiro atoms. The summed E-state index contributed by atoms with van der Waals surface area (Å²) in [6.45, 7) is 2.82. The molecule has 1 aliphatic carbocycles. The number of azo groups is 1. The highest BCUT2D eigenvalue weighted by Crippen LogP contribution is 2.33. The van der Waals surface area contributed by atoms with Gasteiger partial charge in [-0.1, -0.05) is 0 Å². The monoisotopic (exact) mass is 140 g/mol. The SMILES string of the molecule is CCOC1C2CCC1N=N2.